The predicted octanol–water partition coefficient (Wildman–Crippen LogP) is 1.10. The first-order valence-corrected chi connectivity index (χ1v) is 5.94. The molecule has 2 N–H and O–H groups in total. The third kappa shape index (κ3) is 4.77. The zero-order valence-electron chi connectivity index (χ0n) is 10.5. The van der Waals surface area contributed by atoms with Gasteiger partial charge < -0.3 is 10.4 Å². The molecule has 1 heterocycles. The van der Waals surface area contributed by atoms with Gasteiger partial charge in [-0.1, -0.05) is 6.92 Å². The van der Waals surface area contributed by atoms with E-state index in [0.717, 1.165) is 32.4 Å². The van der Waals surface area contributed by atoms with Crippen molar-refractivity contribution in [3.05, 3.63) is 18.0 Å². The molecule has 1 unspecified atom stereocenters. The molecule has 0 radical (unpaired) electrons. The predicted molar refractivity (Wildman–Crippen MR) is 65.3 cm³/mol. The summed E-state index contributed by atoms with van der Waals surface area (Å²) in [6.07, 6.45) is 6.32. The van der Waals surface area contributed by atoms with Crippen LogP contribution in [0.2, 0.25) is 0 Å². The van der Waals surface area contributed by atoms with Crippen molar-refractivity contribution < 1.29 is 5.11 Å². The van der Waals surface area contributed by atoms with Crippen LogP contribution in [0.25, 0.3) is 0 Å². The molecule has 0 aliphatic rings. The van der Waals surface area contributed by atoms with Crippen molar-refractivity contribution in [3.8, 4) is 0 Å². The van der Waals surface area contributed by atoms with Crippen LogP contribution in [0.3, 0.4) is 0 Å². The van der Waals surface area contributed by atoms with Gasteiger partial charge in [0.15, 0.2) is 0 Å². The smallest absolute Gasteiger partial charge is 0.0635 e. The minimum atomic E-state index is -0.585. The normalized spacial score (nSPS) is 15.0. The Kier molecular flexibility index (Phi) is 4.96. The number of aliphatic hydroxyl groups is 1. The van der Waals surface area contributed by atoms with Crippen LogP contribution in [0.5, 0.6) is 0 Å². The first kappa shape index (κ1) is 13.2. The molecular formula is C12H23N3O. The Morgan fingerprint density at radius 1 is 1.50 bits per heavy atom. The lowest BCUT2D eigenvalue weighted by Gasteiger charge is -2.23. The van der Waals surface area contributed by atoms with Crippen molar-refractivity contribution in [2.45, 2.75) is 38.7 Å². The van der Waals surface area contributed by atoms with E-state index >= 15 is 0 Å². The Morgan fingerprint density at radius 3 is 2.81 bits per heavy atom. The molecule has 0 fully saturated rings. The minimum absolute atomic E-state index is 0.585. The van der Waals surface area contributed by atoms with Gasteiger partial charge >= 0.3 is 0 Å². The lowest BCUT2D eigenvalue weighted by molar-refractivity contribution is 0.0427. The van der Waals surface area contributed by atoms with E-state index in [1.807, 2.05) is 26.4 Å². The van der Waals surface area contributed by atoms with E-state index in [1.54, 1.807) is 4.68 Å². The van der Waals surface area contributed by atoms with Crippen molar-refractivity contribution in [3.63, 3.8) is 0 Å². The highest BCUT2D eigenvalue weighted by atomic mass is 16.3. The summed E-state index contributed by atoms with van der Waals surface area (Å²) in [6, 6.07) is 0. The molecule has 92 valence electrons. The van der Waals surface area contributed by atoms with Gasteiger partial charge in [0.2, 0.25) is 0 Å². The summed E-state index contributed by atoms with van der Waals surface area (Å²) < 4.78 is 1.79. The quantitative estimate of drug-likeness (QED) is 0.683. The van der Waals surface area contributed by atoms with Crippen LogP contribution in [0.1, 0.15) is 32.3 Å². The third-order valence-corrected chi connectivity index (χ3v) is 2.80. The largest absolute Gasteiger partial charge is 0.390 e. The van der Waals surface area contributed by atoms with Crippen LogP contribution in [-0.4, -0.2) is 33.6 Å². The van der Waals surface area contributed by atoms with E-state index < -0.39 is 5.60 Å². The van der Waals surface area contributed by atoms with E-state index in [4.69, 9.17) is 0 Å². The summed E-state index contributed by atoms with van der Waals surface area (Å²) in [5, 5.41) is 17.5. The van der Waals surface area contributed by atoms with E-state index in [1.165, 1.54) is 5.56 Å². The van der Waals surface area contributed by atoms with Crippen LogP contribution >= 0.6 is 0 Å². The van der Waals surface area contributed by atoms with Gasteiger partial charge in [0.1, 0.15) is 0 Å². The van der Waals surface area contributed by atoms with Crippen molar-refractivity contribution in [1.29, 1.82) is 0 Å². The molecule has 4 heteroatoms. The van der Waals surface area contributed by atoms with Gasteiger partial charge in [-0.05, 0) is 44.8 Å². The standard InChI is InChI=1S/C12H23N3O/c1-4-13-8-7-12(2,16)6-5-11-9-14-15(3)10-11/h9-10,13,16H,4-8H2,1-3H3. The number of hydrogen-bond donors (Lipinski definition) is 2. The number of rotatable bonds is 7. The number of aryl methyl sites for hydroxylation is 2. The Morgan fingerprint density at radius 2 is 2.25 bits per heavy atom. The fourth-order valence-corrected chi connectivity index (χ4v) is 1.67. The van der Waals surface area contributed by atoms with Crippen molar-refractivity contribution >= 4 is 0 Å². The average Bonchev–Trinajstić information content (AvgIpc) is 2.62. The lowest BCUT2D eigenvalue weighted by Crippen LogP contribution is -2.30. The summed E-state index contributed by atoms with van der Waals surface area (Å²) >= 11 is 0. The molecule has 4 nitrogen and oxygen atoms in total. The number of nitrogens with zero attached hydrogens (tertiary/aromatic N) is 2. The van der Waals surface area contributed by atoms with Gasteiger partial charge in [-0.3, -0.25) is 4.68 Å². The van der Waals surface area contributed by atoms with E-state index in [9.17, 15) is 5.11 Å². The first-order valence-electron chi connectivity index (χ1n) is 5.94. The van der Waals surface area contributed by atoms with Crippen molar-refractivity contribution in [1.82, 2.24) is 15.1 Å². The fourth-order valence-electron chi connectivity index (χ4n) is 1.67. The Labute approximate surface area is 97.7 Å². The summed E-state index contributed by atoms with van der Waals surface area (Å²) in [5.74, 6) is 0. The molecular weight excluding hydrogens is 202 g/mol. The third-order valence-electron chi connectivity index (χ3n) is 2.80. The molecule has 0 saturated heterocycles. The zero-order valence-corrected chi connectivity index (χ0v) is 10.5. The van der Waals surface area contributed by atoms with Gasteiger partial charge in [-0.2, -0.15) is 5.10 Å². The second-order valence-electron chi connectivity index (χ2n) is 4.62. The second kappa shape index (κ2) is 6.01. The summed E-state index contributed by atoms with van der Waals surface area (Å²) in [7, 11) is 1.91. The van der Waals surface area contributed by atoms with Crippen LogP contribution < -0.4 is 5.32 Å². The number of aromatic nitrogens is 2. The molecule has 0 aromatic carbocycles. The summed E-state index contributed by atoms with van der Waals surface area (Å²) in [6.45, 7) is 5.81. The first-order chi connectivity index (χ1) is 7.53. The van der Waals surface area contributed by atoms with E-state index in [2.05, 4.69) is 17.3 Å². The van der Waals surface area contributed by atoms with E-state index in [0.29, 0.717) is 0 Å². The molecule has 0 aliphatic carbocycles. The SMILES string of the molecule is CCNCCC(C)(O)CCc1cnn(C)c1. The minimum Gasteiger partial charge on any atom is -0.390 e. The molecule has 1 atom stereocenters. The second-order valence-corrected chi connectivity index (χ2v) is 4.62. The summed E-state index contributed by atoms with van der Waals surface area (Å²) in [4.78, 5) is 0. The zero-order chi connectivity index (χ0) is 12.0. The molecule has 0 aliphatic heterocycles. The van der Waals surface area contributed by atoms with Gasteiger partial charge in [0.25, 0.3) is 0 Å². The highest BCUT2D eigenvalue weighted by molar-refractivity contribution is 5.04. The van der Waals surface area contributed by atoms with Gasteiger partial charge in [0.05, 0.1) is 11.8 Å². The van der Waals surface area contributed by atoms with Crippen molar-refractivity contribution in [2.24, 2.45) is 7.05 Å². The molecule has 1 aromatic heterocycles. The van der Waals surface area contributed by atoms with Gasteiger partial charge in [0, 0.05) is 13.2 Å². The average molecular weight is 225 g/mol. The molecule has 16 heavy (non-hydrogen) atoms. The molecule has 0 saturated carbocycles. The molecule has 0 amide bonds. The number of hydrogen-bond acceptors (Lipinski definition) is 3. The van der Waals surface area contributed by atoms with Gasteiger partial charge in [-0.15, -0.1) is 0 Å². The summed E-state index contributed by atoms with van der Waals surface area (Å²) in [5.41, 5.74) is 0.601. The molecule has 0 spiro atoms. The monoisotopic (exact) mass is 225 g/mol. The topological polar surface area (TPSA) is 50.1 Å². The fraction of sp³-hybridized carbons (Fsp3) is 0.750. The Hall–Kier alpha value is -0.870. The molecule has 0 bridgehead atoms. The molecule has 1 aromatic rings. The van der Waals surface area contributed by atoms with Crippen LogP contribution in [0.15, 0.2) is 12.4 Å². The van der Waals surface area contributed by atoms with Gasteiger partial charge in [-0.25, -0.2) is 0 Å². The van der Waals surface area contributed by atoms with Crippen molar-refractivity contribution in [2.75, 3.05) is 13.1 Å². The Bertz CT molecular complexity index is 307. The highest BCUT2D eigenvalue weighted by Gasteiger charge is 2.19. The maximum atomic E-state index is 10.1. The Balaban J connectivity index is 2.29. The maximum Gasteiger partial charge on any atom is 0.0635 e. The van der Waals surface area contributed by atoms with Crippen LogP contribution in [-0.2, 0) is 13.5 Å². The highest BCUT2D eigenvalue weighted by Crippen LogP contribution is 2.16. The number of nitrogens with one attached hydrogen (secondary N) is 1. The lowest BCUT2D eigenvalue weighted by atomic mass is 9.94. The van der Waals surface area contributed by atoms with Crippen LogP contribution in [0, 0.1) is 0 Å². The molecule has 1 rings (SSSR count). The van der Waals surface area contributed by atoms with E-state index in [-0.39, 0.29) is 0 Å². The van der Waals surface area contributed by atoms with Crippen LogP contribution in [0.4, 0.5) is 0 Å². The maximum absolute atomic E-state index is 10.1.